The highest BCUT2D eigenvalue weighted by atomic mass is 16.2. The lowest BCUT2D eigenvalue weighted by Gasteiger charge is -2.20. The van der Waals surface area contributed by atoms with Crippen LogP contribution >= 0.6 is 0 Å². The minimum atomic E-state index is 0.147. The Morgan fingerprint density at radius 2 is 2.28 bits per heavy atom. The largest absolute Gasteiger partial charge is 0.375 e. The van der Waals surface area contributed by atoms with Crippen LogP contribution in [0.5, 0.6) is 0 Å². The van der Waals surface area contributed by atoms with E-state index < -0.39 is 0 Å². The van der Waals surface area contributed by atoms with Crippen LogP contribution < -0.4 is 9.80 Å². The van der Waals surface area contributed by atoms with Gasteiger partial charge < -0.3 is 9.80 Å². The maximum absolute atomic E-state index is 11.6. The van der Waals surface area contributed by atoms with Crippen molar-refractivity contribution in [3.63, 3.8) is 0 Å². The zero-order valence-corrected chi connectivity index (χ0v) is 10.8. The summed E-state index contributed by atoms with van der Waals surface area (Å²) in [5, 5.41) is 8.52. The zero-order chi connectivity index (χ0) is 13.1. The second-order valence-corrected chi connectivity index (χ2v) is 4.63. The van der Waals surface area contributed by atoms with Gasteiger partial charge in [-0.1, -0.05) is 0 Å². The molecule has 1 amide bonds. The summed E-state index contributed by atoms with van der Waals surface area (Å²) in [5.41, 5.74) is 3.20. The number of fused-ring (bicyclic) bond motifs is 1. The molecule has 1 aromatic carbocycles. The Morgan fingerprint density at radius 3 is 3.00 bits per heavy atom. The smallest absolute Gasteiger partial charge is 0.231 e. The average molecular weight is 243 g/mol. The van der Waals surface area contributed by atoms with Crippen LogP contribution in [-0.4, -0.2) is 26.5 Å². The zero-order valence-electron chi connectivity index (χ0n) is 10.8. The van der Waals surface area contributed by atoms with Gasteiger partial charge in [0, 0.05) is 38.4 Å². The molecular weight excluding hydrogens is 226 g/mol. The fourth-order valence-corrected chi connectivity index (χ4v) is 2.22. The number of benzene rings is 1. The van der Waals surface area contributed by atoms with E-state index in [1.54, 1.807) is 4.90 Å². The lowest BCUT2D eigenvalue weighted by Crippen LogP contribution is -2.20. The van der Waals surface area contributed by atoms with Crippen molar-refractivity contribution in [1.82, 2.24) is 0 Å². The van der Waals surface area contributed by atoms with Crippen LogP contribution in [0.3, 0.4) is 0 Å². The monoisotopic (exact) mass is 243 g/mol. The SMILES string of the molecule is CN(CCCC#N)c1ccc2c(c1)CC(=O)N2C. The summed E-state index contributed by atoms with van der Waals surface area (Å²) in [6, 6.07) is 8.25. The van der Waals surface area contributed by atoms with Crippen molar-refractivity contribution in [3.8, 4) is 6.07 Å². The van der Waals surface area contributed by atoms with Crippen molar-refractivity contribution < 1.29 is 4.79 Å². The van der Waals surface area contributed by atoms with Crippen molar-refractivity contribution in [3.05, 3.63) is 23.8 Å². The van der Waals surface area contributed by atoms with Crippen LogP contribution in [0.1, 0.15) is 18.4 Å². The predicted molar refractivity (Wildman–Crippen MR) is 71.7 cm³/mol. The van der Waals surface area contributed by atoms with Gasteiger partial charge >= 0.3 is 0 Å². The quantitative estimate of drug-likeness (QED) is 0.759. The molecule has 4 nitrogen and oxygen atoms in total. The topological polar surface area (TPSA) is 47.3 Å². The average Bonchev–Trinajstić information content (AvgIpc) is 2.65. The Kier molecular flexibility index (Phi) is 3.52. The summed E-state index contributed by atoms with van der Waals surface area (Å²) in [5.74, 6) is 0.147. The van der Waals surface area contributed by atoms with Gasteiger partial charge in [0.1, 0.15) is 0 Å². The highest BCUT2D eigenvalue weighted by Gasteiger charge is 2.24. The van der Waals surface area contributed by atoms with Gasteiger partial charge in [-0.3, -0.25) is 4.79 Å². The molecule has 2 rings (SSSR count). The molecule has 0 aromatic heterocycles. The fourth-order valence-electron chi connectivity index (χ4n) is 2.22. The molecule has 1 aliphatic rings. The Balaban J connectivity index is 2.11. The molecule has 1 aromatic rings. The highest BCUT2D eigenvalue weighted by molar-refractivity contribution is 6.01. The third kappa shape index (κ3) is 2.30. The lowest BCUT2D eigenvalue weighted by atomic mass is 10.1. The molecule has 0 spiro atoms. The molecule has 18 heavy (non-hydrogen) atoms. The Morgan fingerprint density at radius 1 is 1.50 bits per heavy atom. The molecule has 94 valence electrons. The molecule has 1 heterocycles. The second kappa shape index (κ2) is 5.09. The number of nitrogens with zero attached hydrogens (tertiary/aromatic N) is 3. The summed E-state index contributed by atoms with van der Waals surface area (Å²) in [7, 11) is 3.82. The molecule has 0 bridgehead atoms. The van der Waals surface area contributed by atoms with E-state index in [4.69, 9.17) is 5.26 Å². The number of hydrogen-bond donors (Lipinski definition) is 0. The summed E-state index contributed by atoms with van der Waals surface area (Å²) in [6.45, 7) is 0.857. The van der Waals surface area contributed by atoms with E-state index in [2.05, 4.69) is 17.0 Å². The van der Waals surface area contributed by atoms with Crippen LogP contribution in [0.4, 0.5) is 11.4 Å². The van der Waals surface area contributed by atoms with Crippen LogP contribution in [0.15, 0.2) is 18.2 Å². The van der Waals surface area contributed by atoms with Gasteiger partial charge in [-0.05, 0) is 30.2 Å². The van der Waals surface area contributed by atoms with E-state index in [0.29, 0.717) is 12.8 Å². The molecule has 4 heteroatoms. The van der Waals surface area contributed by atoms with Crippen LogP contribution in [0, 0.1) is 11.3 Å². The molecule has 0 unspecified atom stereocenters. The minimum Gasteiger partial charge on any atom is -0.375 e. The van der Waals surface area contributed by atoms with Gasteiger partial charge in [0.15, 0.2) is 0 Å². The van der Waals surface area contributed by atoms with Crippen molar-refractivity contribution in [2.24, 2.45) is 0 Å². The van der Waals surface area contributed by atoms with E-state index in [0.717, 1.165) is 29.9 Å². The third-order valence-electron chi connectivity index (χ3n) is 3.36. The molecule has 0 fully saturated rings. The number of likely N-dealkylation sites (N-methyl/N-ethyl adjacent to an activating group) is 1. The number of hydrogen-bond acceptors (Lipinski definition) is 3. The molecule has 0 N–H and O–H groups in total. The van der Waals surface area contributed by atoms with Gasteiger partial charge in [-0.15, -0.1) is 0 Å². The predicted octanol–water partition coefficient (Wildman–Crippen LogP) is 1.95. The Labute approximate surface area is 107 Å². The van der Waals surface area contributed by atoms with Gasteiger partial charge in [-0.25, -0.2) is 0 Å². The number of unbranched alkanes of at least 4 members (excludes halogenated alkanes) is 1. The van der Waals surface area contributed by atoms with Crippen LogP contribution in [-0.2, 0) is 11.2 Å². The normalized spacial score (nSPS) is 13.4. The minimum absolute atomic E-state index is 0.147. The first-order chi connectivity index (χ1) is 8.63. The number of amides is 1. The lowest BCUT2D eigenvalue weighted by molar-refractivity contribution is -0.117. The van der Waals surface area contributed by atoms with Crippen molar-refractivity contribution in [2.45, 2.75) is 19.3 Å². The van der Waals surface area contributed by atoms with Crippen molar-refractivity contribution >= 4 is 17.3 Å². The first kappa shape index (κ1) is 12.4. The maximum Gasteiger partial charge on any atom is 0.231 e. The molecule has 0 saturated heterocycles. The highest BCUT2D eigenvalue weighted by Crippen LogP contribution is 2.31. The number of carbonyl (C=O) groups is 1. The van der Waals surface area contributed by atoms with Crippen LogP contribution in [0.2, 0.25) is 0 Å². The Bertz CT molecular complexity index is 504. The van der Waals surface area contributed by atoms with E-state index in [-0.39, 0.29) is 5.91 Å². The fraction of sp³-hybridized carbons (Fsp3) is 0.429. The van der Waals surface area contributed by atoms with E-state index in [9.17, 15) is 4.79 Å². The number of carbonyl (C=O) groups excluding carboxylic acids is 1. The van der Waals surface area contributed by atoms with E-state index in [1.807, 2.05) is 26.2 Å². The molecule has 1 aliphatic heterocycles. The van der Waals surface area contributed by atoms with Gasteiger partial charge in [0.2, 0.25) is 5.91 Å². The maximum atomic E-state index is 11.6. The van der Waals surface area contributed by atoms with E-state index in [1.165, 1.54) is 0 Å². The summed E-state index contributed by atoms with van der Waals surface area (Å²) >= 11 is 0. The number of anilines is 2. The van der Waals surface area contributed by atoms with Gasteiger partial charge in [0.25, 0.3) is 0 Å². The molecule has 0 aliphatic carbocycles. The van der Waals surface area contributed by atoms with Crippen molar-refractivity contribution in [1.29, 1.82) is 5.26 Å². The summed E-state index contributed by atoms with van der Waals surface area (Å²) in [6.07, 6.45) is 1.94. The first-order valence-corrected chi connectivity index (χ1v) is 6.11. The first-order valence-electron chi connectivity index (χ1n) is 6.11. The number of rotatable bonds is 4. The summed E-state index contributed by atoms with van der Waals surface area (Å²) in [4.78, 5) is 15.4. The molecular formula is C14H17N3O. The van der Waals surface area contributed by atoms with Gasteiger partial charge in [0.05, 0.1) is 12.5 Å². The molecule has 0 radical (unpaired) electrons. The molecule has 0 saturated carbocycles. The van der Waals surface area contributed by atoms with Gasteiger partial charge in [-0.2, -0.15) is 5.26 Å². The molecule has 0 atom stereocenters. The summed E-state index contributed by atoms with van der Waals surface area (Å²) < 4.78 is 0. The van der Waals surface area contributed by atoms with E-state index >= 15 is 0 Å². The standard InChI is InChI=1S/C14H17N3O/c1-16(8-4-3-7-15)12-5-6-13-11(9-12)10-14(18)17(13)2/h5-6,9H,3-4,8,10H2,1-2H3. The number of nitriles is 1. The van der Waals surface area contributed by atoms with Crippen molar-refractivity contribution in [2.75, 3.05) is 30.4 Å². The second-order valence-electron chi connectivity index (χ2n) is 4.63. The Hall–Kier alpha value is -2.02. The van der Waals surface area contributed by atoms with Crippen LogP contribution in [0.25, 0.3) is 0 Å². The third-order valence-corrected chi connectivity index (χ3v) is 3.36.